The monoisotopic (exact) mass is 538 g/mol. The van der Waals surface area contributed by atoms with Crippen LogP contribution in [-0.2, 0) is 15.0 Å². The quantitative estimate of drug-likeness (QED) is 0.387. The summed E-state index contributed by atoms with van der Waals surface area (Å²) >= 11 is 12.8. The Morgan fingerprint density at radius 2 is 1.71 bits per heavy atom. The van der Waals surface area contributed by atoms with Crippen molar-refractivity contribution in [2.45, 2.75) is 24.7 Å². The number of carbonyl (C=O) groups is 2. The molecule has 0 saturated carbocycles. The molecule has 1 spiro atoms. The number of halogens is 2. The molecule has 38 heavy (non-hydrogen) atoms. The van der Waals surface area contributed by atoms with E-state index in [0.717, 1.165) is 0 Å². The fourth-order valence-corrected chi connectivity index (χ4v) is 6.51. The van der Waals surface area contributed by atoms with Gasteiger partial charge in [0.25, 0.3) is 0 Å². The number of nitriles is 1. The van der Waals surface area contributed by atoms with Crippen LogP contribution in [0.15, 0.2) is 83.8 Å². The normalized spacial score (nSPS) is 20.5. The van der Waals surface area contributed by atoms with Gasteiger partial charge in [0.2, 0.25) is 5.91 Å². The molecule has 1 aromatic heterocycles. The predicted octanol–water partition coefficient (Wildman–Crippen LogP) is 5.93. The summed E-state index contributed by atoms with van der Waals surface area (Å²) in [6, 6.07) is 18.4. The van der Waals surface area contributed by atoms with E-state index in [1.807, 2.05) is 35.2 Å². The Morgan fingerprint density at radius 1 is 1.00 bits per heavy atom. The van der Waals surface area contributed by atoms with Crippen LogP contribution in [0.5, 0.6) is 0 Å². The minimum Gasteiger partial charge on any atom is -0.309 e. The van der Waals surface area contributed by atoms with E-state index in [9.17, 15) is 14.9 Å². The zero-order valence-corrected chi connectivity index (χ0v) is 21.6. The van der Waals surface area contributed by atoms with Crippen molar-refractivity contribution < 1.29 is 9.59 Å². The van der Waals surface area contributed by atoms with Gasteiger partial charge in [-0.2, -0.15) is 5.26 Å². The number of nitrogens with zero attached hydrogens (tertiary/aromatic N) is 4. The zero-order valence-electron chi connectivity index (χ0n) is 20.1. The van der Waals surface area contributed by atoms with Crippen molar-refractivity contribution in [2.24, 2.45) is 0 Å². The van der Waals surface area contributed by atoms with E-state index < -0.39 is 11.3 Å². The Bertz CT molecular complexity index is 1650. The first-order valence-corrected chi connectivity index (χ1v) is 12.8. The summed E-state index contributed by atoms with van der Waals surface area (Å²) in [6.07, 6.45) is 10.7. The van der Waals surface area contributed by atoms with Crippen LogP contribution in [0.4, 0.5) is 11.4 Å². The summed E-state index contributed by atoms with van der Waals surface area (Å²) in [4.78, 5) is 31.8. The number of terminal acetylenes is 1. The van der Waals surface area contributed by atoms with Crippen LogP contribution in [0.25, 0.3) is 5.82 Å². The number of para-hydroxylation sites is 1. The van der Waals surface area contributed by atoms with Crippen molar-refractivity contribution in [3.05, 3.63) is 99.4 Å². The van der Waals surface area contributed by atoms with Crippen LogP contribution in [0, 0.1) is 23.7 Å². The van der Waals surface area contributed by atoms with E-state index in [1.54, 1.807) is 41.2 Å². The standard InChI is InChI=1S/C30H20Cl2N4O2/c1-2-12-35-24-9-4-3-8-22(24)30(29(35)38)23(18-33)28(34-13-5-6-14-34)36(21-16-19(31)15-20(32)17-21)25-10-7-11-26(37)27(25)30/h1,3-6,8-9,13-17H,7,10-12H2/t30-/m0/s1. The van der Waals surface area contributed by atoms with Gasteiger partial charge < -0.3 is 4.57 Å². The molecule has 0 unspecified atom stereocenters. The number of carbonyl (C=O) groups excluding carboxylic acids is 2. The van der Waals surface area contributed by atoms with Gasteiger partial charge >= 0.3 is 0 Å². The minimum absolute atomic E-state index is 0.0135. The van der Waals surface area contributed by atoms with E-state index in [4.69, 9.17) is 29.6 Å². The van der Waals surface area contributed by atoms with Crippen LogP contribution in [0.3, 0.4) is 0 Å². The molecule has 0 saturated heterocycles. The van der Waals surface area contributed by atoms with Crippen LogP contribution in [0.2, 0.25) is 10.0 Å². The lowest BCUT2D eigenvalue weighted by Gasteiger charge is -2.45. The summed E-state index contributed by atoms with van der Waals surface area (Å²) in [5.41, 5.74) is 1.23. The minimum atomic E-state index is -1.63. The molecule has 186 valence electrons. The van der Waals surface area contributed by atoms with Crippen LogP contribution in [0.1, 0.15) is 24.8 Å². The molecule has 0 N–H and O–H groups in total. The maximum Gasteiger partial charge on any atom is 0.248 e. The molecule has 3 aromatic rings. The average molecular weight is 539 g/mol. The molecule has 1 atom stereocenters. The lowest BCUT2D eigenvalue weighted by atomic mass is 9.63. The first-order chi connectivity index (χ1) is 18.4. The lowest BCUT2D eigenvalue weighted by Crippen LogP contribution is -2.51. The molecular formula is C30H20Cl2N4O2. The van der Waals surface area contributed by atoms with E-state index in [-0.39, 0.29) is 24.3 Å². The summed E-state index contributed by atoms with van der Waals surface area (Å²) in [7, 11) is 0. The molecule has 0 fully saturated rings. The van der Waals surface area contributed by atoms with Crippen molar-refractivity contribution >= 4 is 52.1 Å². The Kier molecular flexibility index (Phi) is 5.69. The molecule has 2 aromatic carbocycles. The number of hydrogen-bond donors (Lipinski definition) is 0. The van der Waals surface area contributed by atoms with Crippen molar-refractivity contribution in [1.29, 1.82) is 5.26 Å². The second kappa shape index (κ2) is 8.96. The first-order valence-electron chi connectivity index (χ1n) is 12.1. The van der Waals surface area contributed by atoms with Crippen LogP contribution >= 0.6 is 23.2 Å². The Balaban J connectivity index is 1.79. The largest absolute Gasteiger partial charge is 0.309 e. The number of ketones is 1. The molecule has 3 aliphatic rings. The van der Waals surface area contributed by atoms with Crippen molar-refractivity contribution in [2.75, 3.05) is 16.3 Å². The van der Waals surface area contributed by atoms with Gasteiger partial charge in [-0.3, -0.25) is 19.4 Å². The SMILES string of the molecule is C#CCN1C(=O)[C@]2(C(C#N)=C(n3cccc3)N(c3cc(Cl)cc(Cl)c3)C3=C2C(=O)CCC3)c2ccccc21. The Morgan fingerprint density at radius 3 is 2.39 bits per heavy atom. The molecule has 0 radical (unpaired) electrons. The summed E-state index contributed by atoms with van der Waals surface area (Å²) in [5, 5.41) is 11.7. The first kappa shape index (κ1) is 24.1. The zero-order chi connectivity index (χ0) is 26.6. The molecule has 0 bridgehead atoms. The number of allylic oxidation sites excluding steroid dienone is 1. The molecule has 3 heterocycles. The molecule has 6 nitrogen and oxygen atoms in total. The van der Waals surface area contributed by atoms with Crippen molar-refractivity contribution in [3.8, 4) is 18.4 Å². The van der Waals surface area contributed by atoms with Gasteiger partial charge in [0.1, 0.15) is 17.3 Å². The van der Waals surface area contributed by atoms with Gasteiger partial charge in [-0.05, 0) is 49.2 Å². The highest BCUT2D eigenvalue weighted by molar-refractivity contribution is 6.35. The molecule has 2 aliphatic heterocycles. The van der Waals surface area contributed by atoms with Gasteiger partial charge in [-0.25, -0.2) is 0 Å². The summed E-state index contributed by atoms with van der Waals surface area (Å²) < 4.78 is 1.79. The highest BCUT2D eigenvalue weighted by atomic mass is 35.5. The predicted molar refractivity (Wildman–Crippen MR) is 147 cm³/mol. The molecule has 8 heteroatoms. The van der Waals surface area contributed by atoms with Crippen LogP contribution in [-0.4, -0.2) is 22.8 Å². The Hall–Kier alpha value is -4.23. The van der Waals surface area contributed by atoms with E-state index >= 15 is 0 Å². The van der Waals surface area contributed by atoms with Crippen molar-refractivity contribution in [3.63, 3.8) is 0 Å². The van der Waals surface area contributed by atoms with E-state index in [0.29, 0.717) is 56.9 Å². The molecular weight excluding hydrogens is 519 g/mol. The van der Waals surface area contributed by atoms with Gasteiger partial charge in [0, 0.05) is 51.4 Å². The number of hydrogen-bond acceptors (Lipinski definition) is 4. The van der Waals surface area contributed by atoms with Crippen LogP contribution < -0.4 is 9.80 Å². The topological polar surface area (TPSA) is 69.3 Å². The smallest absolute Gasteiger partial charge is 0.248 e. The highest BCUT2D eigenvalue weighted by Gasteiger charge is 2.62. The second-order valence-electron chi connectivity index (χ2n) is 9.32. The number of amides is 1. The number of benzene rings is 2. The van der Waals surface area contributed by atoms with Gasteiger partial charge in [0.05, 0.1) is 17.8 Å². The number of fused-ring (bicyclic) bond motifs is 3. The summed E-state index contributed by atoms with van der Waals surface area (Å²) in [6.45, 7) is 0.0135. The van der Waals surface area contributed by atoms with Crippen molar-refractivity contribution in [1.82, 2.24) is 4.57 Å². The Labute approximate surface area is 230 Å². The van der Waals surface area contributed by atoms with E-state index in [2.05, 4.69) is 12.0 Å². The number of Topliss-reactive ketones (excluding diaryl/α,β-unsaturated/α-hetero) is 1. The highest BCUT2D eigenvalue weighted by Crippen LogP contribution is 2.58. The van der Waals surface area contributed by atoms with Gasteiger partial charge in [-0.1, -0.05) is 47.3 Å². The third kappa shape index (κ3) is 3.21. The van der Waals surface area contributed by atoms with Gasteiger partial charge in [0.15, 0.2) is 5.78 Å². The maximum absolute atomic E-state index is 14.6. The van der Waals surface area contributed by atoms with Gasteiger partial charge in [-0.15, -0.1) is 6.42 Å². The number of aromatic nitrogens is 1. The third-order valence-electron chi connectivity index (χ3n) is 7.32. The fraction of sp³-hybridized carbons (Fsp3) is 0.167. The number of anilines is 2. The third-order valence-corrected chi connectivity index (χ3v) is 7.76. The lowest BCUT2D eigenvalue weighted by molar-refractivity contribution is -0.124. The average Bonchev–Trinajstić information content (AvgIpc) is 3.51. The molecule has 1 aliphatic carbocycles. The molecule has 6 rings (SSSR count). The van der Waals surface area contributed by atoms with E-state index in [1.165, 1.54) is 4.90 Å². The maximum atomic E-state index is 14.6. The number of rotatable bonds is 3. The second-order valence-corrected chi connectivity index (χ2v) is 10.2. The fourth-order valence-electron chi connectivity index (χ4n) is 5.99. The summed E-state index contributed by atoms with van der Waals surface area (Å²) in [5.74, 6) is 2.43. The molecule has 1 amide bonds.